The SMILES string of the molecule is N#Cc1ccc(Nc2ccc(F)c(C#N)c2)c(F)c1. The zero-order valence-electron chi connectivity index (χ0n) is 9.61. The van der Waals surface area contributed by atoms with E-state index < -0.39 is 11.6 Å². The molecule has 0 fully saturated rings. The first-order chi connectivity index (χ1) is 9.13. The van der Waals surface area contributed by atoms with Gasteiger partial charge in [-0.25, -0.2) is 8.78 Å². The van der Waals surface area contributed by atoms with E-state index in [0.717, 1.165) is 12.1 Å². The third kappa shape index (κ3) is 2.67. The second-order valence-electron chi connectivity index (χ2n) is 3.74. The van der Waals surface area contributed by atoms with Crippen LogP contribution in [0.3, 0.4) is 0 Å². The van der Waals surface area contributed by atoms with E-state index in [4.69, 9.17) is 10.5 Å². The van der Waals surface area contributed by atoms with Gasteiger partial charge in [-0.05, 0) is 36.4 Å². The number of halogens is 2. The Labute approximate surface area is 108 Å². The first kappa shape index (κ1) is 12.5. The summed E-state index contributed by atoms with van der Waals surface area (Å²) in [6.45, 7) is 0. The van der Waals surface area contributed by atoms with Crippen molar-refractivity contribution in [1.82, 2.24) is 0 Å². The molecule has 0 unspecified atom stereocenters. The van der Waals surface area contributed by atoms with Crippen molar-refractivity contribution in [2.75, 3.05) is 5.32 Å². The molecule has 92 valence electrons. The van der Waals surface area contributed by atoms with E-state index >= 15 is 0 Å². The summed E-state index contributed by atoms with van der Waals surface area (Å²) in [5.74, 6) is -1.23. The van der Waals surface area contributed by atoms with Crippen molar-refractivity contribution in [3.05, 3.63) is 59.2 Å². The molecule has 0 saturated heterocycles. The fourth-order valence-corrected chi connectivity index (χ4v) is 1.53. The molecule has 0 saturated carbocycles. The molecule has 0 amide bonds. The molecule has 0 aliphatic heterocycles. The van der Waals surface area contributed by atoms with Crippen LogP contribution in [0.15, 0.2) is 36.4 Å². The lowest BCUT2D eigenvalue weighted by atomic mass is 10.1. The Morgan fingerprint density at radius 1 is 0.895 bits per heavy atom. The lowest BCUT2D eigenvalue weighted by molar-refractivity contribution is 0.624. The van der Waals surface area contributed by atoms with Gasteiger partial charge in [0, 0.05) is 5.69 Å². The summed E-state index contributed by atoms with van der Waals surface area (Å²) in [6.07, 6.45) is 0. The largest absolute Gasteiger partial charge is 0.353 e. The van der Waals surface area contributed by atoms with Crippen LogP contribution in [-0.2, 0) is 0 Å². The molecule has 0 aliphatic carbocycles. The van der Waals surface area contributed by atoms with E-state index in [-0.39, 0.29) is 16.8 Å². The second kappa shape index (κ2) is 5.16. The summed E-state index contributed by atoms with van der Waals surface area (Å²) in [5.41, 5.74) is 0.620. The first-order valence-corrected chi connectivity index (χ1v) is 5.30. The smallest absolute Gasteiger partial charge is 0.147 e. The molecule has 19 heavy (non-hydrogen) atoms. The number of hydrogen-bond donors (Lipinski definition) is 1. The molecule has 0 aromatic heterocycles. The molecule has 1 N–H and O–H groups in total. The van der Waals surface area contributed by atoms with Crippen LogP contribution in [0.4, 0.5) is 20.2 Å². The van der Waals surface area contributed by atoms with Gasteiger partial charge in [0.2, 0.25) is 0 Å². The molecular formula is C14H7F2N3. The number of nitriles is 2. The van der Waals surface area contributed by atoms with Crippen LogP contribution in [0.25, 0.3) is 0 Å². The average Bonchev–Trinajstić information content (AvgIpc) is 2.43. The number of nitrogens with one attached hydrogen (secondary N) is 1. The van der Waals surface area contributed by atoms with Gasteiger partial charge in [-0.2, -0.15) is 10.5 Å². The average molecular weight is 255 g/mol. The lowest BCUT2D eigenvalue weighted by Gasteiger charge is -2.08. The van der Waals surface area contributed by atoms with Crippen LogP contribution < -0.4 is 5.32 Å². The van der Waals surface area contributed by atoms with Crippen LogP contribution in [0, 0.1) is 34.3 Å². The van der Waals surface area contributed by atoms with E-state index in [1.165, 1.54) is 24.3 Å². The van der Waals surface area contributed by atoms with E-state index in [0.29, 0.717) is 5.69 Å². The quantitative estimate of drug-likeness (QED) is 0.894. The zero-order valence-corrected chi connectivity index (χ0v) is 9.61. The second-order valence-corrected chi connectivity index (χ2v) is 3.74. The first-order valence-electron chi connectivity index (χ1n) is 5.30. The summed E-state index contributed by atoms with van der Waals surface area (Å²) in [6, 6.07) is 11.3. The van der Waals surface area contributed by atoms with Crippen molar-refractivity contribution in [3.63, 3.8) is 0 Å². The van der Waals surface area contributed by atoms with E-state index in [1.807, 2.05) is 6.07 Å². The molecular weight excluding hydrogens is 248 g/mol. The summed E-state index contributed by atoms with van der Waals surface area (Å²) in [5, 5.41) is 20.1. The minimum atomic E-state index is -0.631. The highest BCUT2D eigenvalue weighted by Crippen LogP contribution is 2.22. The van der Waals surface area contributed by atoms with Gasteiger partial charge in [-0.3, -0.25) is 0 Å². The molecule has 3 nitrogen and oxygen atoms in total. The normalized spacial score (nSPS) is 9.47. The maximum absolute atomic E-state index is 13.6. The van der Waals surface area contributed by atoms with Gasteiger partial charge in [0.1, 0.15) is 17.7 Å². The van der Waals surface area contributed by atoms with Crippen LogP contribution in [0.2, 0.25) is 0 Å². The Bertz CT molecular complexity index is 712. The fraction of sp³-hybridized carbons (Fsp3) is 0. The minimum Gasteiger partial charge on any atom is -0.353 e. The van der Waals surface area contributed by atoms with Crippen LogP contribution in [0.5, 0.6) is 0 Å². The number of rotatable bonds is 2. The molecule has 2 aromatic rings. The number of benzene rings is 2. The Kier molecular flexibility index (Phi) is 3.40. The fourth-order valence-electron chi connectivity index (χ4n) is 1.53. The van der Waals surface area contributed by atoms with Crippen molar-refractivity contribution >= 4 is 11.4 Å². The Morgan fingerprint density at radius 2 is 1.68 bits per heavy atom. The Hall–Kier alpha value is -2.92. The van der Waals surface area contributed by atoms with Gasteiger partial charge in [-0.15, -0.1) is 0 Å². The topological polar surface area (TPSA) is 59.6 Å². The molecule has 0 atom stereocenters. The summed E-state index contributed by atoms with van der Waals surface area (Å²) in [4.78, 5) is 0. The molecule has 0 heterocycles. The van der Waals surface area contributed by atoms with Crippen molar-refractivity contribution in [3.8, 4) is 12.1 Å². The van der Waals surface area contributed by atoms with Crippen LogP contribution in [-0.4, -0.2) is 0 Å². The minimum absolute atomic E-state index is 0.126. The van der Waals surface area contributed by atoms with Gasteiger partial charge in [0.25, 0.3) is 0 Å². The Balaban J connectivity index is 2.32. The zero-order chi connectivity index (χ0) is 13.8. The van der Waals surface area contributed by atoms with Gasteiger partial charge in [-0.1, -0.05) is 0 Å². The number of nitrogens with zero attached hydrogens (tertiary/aromatic N) is 2. The van der Waals surface area contributed by atoms with Crippen LogP contribution in [0.1, 0.15) is 11.1 Å². The monoisotopic (exact) mass is 255 g/mol. The lowest BCUT2D eigenvalue weighted by Crippen LogP contribution is -1.96. The van der Waals surface area contributed by atoms with Crippen LogP contribution >= 0.6 is 0 Å². The van der Waals surface area contributed by atoms with Gasteiger partial charge >= 0.3 is 0 Å². The molecule has 0 spiro atoms. The highest BCUT2D eigenvalue weighted by molar-refractivity contribution is 5.62. The molecule has 2 rings (SSSR count). The number of hydrogen-bond acceptors (Lipinski definition) is 3. The summed E-state index contributed by atoms with van der Waals surface area (Å²) >= 11 is 0. The van der Waals surface area contributed by atoms with Gasteiger partial charge in [0.15, 0.2) is 0 Å². The van der Waals surface area contributed by atoms with E-state index in [1.54, 1.807) is 6.07 Å². The maximum atomic E-state index is 13.6. The highest BCUT2D eigenvalue weighted by Gasteiger charge is 2.06. The maximum Gasteiger partial charge on any atom is 0.147 e. The third-order valence-electron chi connectivity index (χ3n) is 2.46. The van der Waals surface area contributed by atoms with Crippen molar-refractivity contribution in [1.29, 1.82) is 10.5 Å². The third-order valence-corrected chi connectivity index (χ3v) is 2.46. The summed E-state index contributed by atoms with van der Waals surface area (Å²) < 4.78 is 26.8. The summed E-state index contributed by atoms with van der Waals surface area (Å²) in [7, 11) is 0. The van der Waals surface area contributed by atoms with Gasteiger partial charge < -0.3 is 5.32 Å². The predicted octanol–water partition coefficient (Wildman–Crippen LogP) is 3.45. The van der Waals surface area contributed by atoms with Crippen molar-refractivity contribution < 1.29 is 8.78 Å². The highest BCUT2D eigenvalue weighted by atomic mass is 19.1. The standard InChI is InChI=1S/C14H7F2N3/c15-12-3-2-11(6-10(12)8-18)19-14-4-1-9(7-17)5-13(14)16/h1-6,19H. The van der Waals surface area contributed by atoms with Crippen molar-refractivity contribution in [2.45, 2.75) is 0 Å². The van der Waals surface area contributed by atoms with Crippen molar-refractivity contribution in [2.24, 2.45) is 0 Å². The molecule has 0 radical (unpaired) electrons. The van der Waals surface area contributed by atoms with E-state index in [2.05, 4.69) is 5.32 Å². The predicted molar refractivity (Wildman–Crippen MR) is 65.5 cm³/mol. The van der Waals surface area contributed by atoms with E-state index in [9.17, 15) is 8.78 Å². The van der Waals surface area contributed by atoms with Gasteiger partial charge in [0.05, 0.1) is 22.9 Å². The molecule has 0 aliphatic rings. The number of anilines is 2. The Morgan fingerprint density at radius 3 is 2.32 bits per heavy atom. The molecule has 0 bridgehead atoms. The molecule has 2 aromatic carbocycles. The molecule has 5 heteroatoms.